The molecule has 0 bridgehead atoms. The molecule has 5 nitrogen and oxygen atoms in total. The first kappa shape index (κ1) is 23.4. The van der Waals surface area contributed by atoms with Gasteiger partial charge in [0.25, 0.3) is 5.91 Å². The summed E-state index contributed by atoms with van der Waals surface area (Å²) in [6.45, 7) is 3.53. The van der Waals surface area contributed by atoms with Gasteiger partial charge in [0.05, 0.1) is 20.1 Å². The largest absolute Gasteiger partial charge is 0.455 e. The van der Waals surface area contributed by atoms with Gasteiger partial charge in [-0.15, -0.1) is 0 Å². The Labute approximate surface area is 202 Å². The Morgan fingerprint density at radius 2 is 1.68 bits per heavy atom. The number of nitrogens with one attached hydrogen (secondary N) is 2. The molecule has 3 rings (SSSR count). The zero-order valence-electron chi connectivity index (χ0n) is 16.4. The molecule has 3 amide bonds. The molecule has 160 valence electrons. The number of urea groups is 1. The SMILES string of the molecule is Cc1cc(Oc2ccc(Cl)cc2Br)c(Cl)c(C)c1NC(=O)NC(=O)c1ccccc1Cl. The highest BCUT2D eigenvalue weighted by atomic mass is 79.9. The van der Waals surface area contributed by atoms with E-state index in [9.17, 15) is 9.59 Å². The Hall–Kier alpha value is -2.25. The summed E-state index contributed by atoms with van der Waals surface area (Å²) >= 11 is 21.9. The molecule has 0 unspecified atom stereocenters. The quantitative estimate of drug-likeness (QED) is 0.354. The van der Waals surface area contributed by atoms with Gasteiger partial charge >= 0.3 is 6.03 Å². The van der Waals surface area contributed by atoms with E-state index in [0.717, 1.165) is 0 Å². The Morgan fingerprint density at radius 3 is 2.35 bits per heavy atom. The van der Waals surface area contributed by atoms with Crippen LogP contribution in [0.15, 0.2) is 53.0 Å². The van der Waals surface area contributed by atoms with Gasteiger partial charge in [0, 0.05) is 10.7 Å². The maximum atomic E-state index is 12.4. The molecule has 9 heteroatoms. The lowest BCUT2D eigenvalue weighted by Crippen LogP contribution is -2.34. The van der Waals surface area contributed by atoms with Crippen LogP contribution in [0.4, 0.5) is 10.5 Å². The number of ether oxygens (including phenoxy) is 1. The van der Waals surface area contributed by atoms with E-state index in [1.807, 2.05) is 0 Å². The van der Waals surface area contributed by atoms with Gasteiger partial charge in [-0.3, -0.25) is 10.1 Å². The molecule has 0 spiro atoms. The van der Waals surface area contributed by atoms with Crippen LogP contribution in [0.5, 0.6) is 11.5 Å². The number of carbonyl (C=O) groups excluding carboxylic acids is 2. The number of rotatable bonds is 4. The first-order valence-corrected chi connectivity index (χ1v) is 10.9. The number of halogens is 4. The van der Waals surface area contributed by atoms with Crippen LogP contribution in [0.25, 0.3) is 0 Å². The average Bonchev–Trinajstić information content (AvgIpc) is 2.71. The fourth-order valence-corrected chi connectivity index (χ4v) is 4.00. The number of aryl methyl sites for hydroxylation is 1. The number of amides is 3. The van der Waals surface area contributed by atoms with E-state index in [-0.39, 0.29) is 10.6 Å². The average molecular weight is 543 g/mol. The van der Waals surface area contributed by atoms with Crippen LogP contribution >= 0.6 is 50.7 Å². The molecule has 0 radical (unpaired) electrons. The molecular weight excluding hydrogens is 527 g/mol. The molecule has 0 aliphatic rings. The molecule has 0 saturated heterocycles. The number of carbonyl (C=O) groups is 2. The normalized spacial score (nSPS) is 10.5. The second-order valence-corrected chi connectivity index (χ2v) is 8.65. The maximum Gasteiger partial charge on any atom is 0.326 e. The van der Waals surface area contributed by atoms with Crippen molar-refractivity contribution in [3.05, 3.63) is 84.8 Å². The fraction of sp³-hybridized carbons (Fsp3) is 0.0909. The van der Waals surface area contributed by atoms with Crippen molar-refractivity contribution in [3.8, 4) is 11.5 Å². The number of hydrogen-bond donors (Lipinski definition) is 2. The molecule has 0 atom stereocenters. The maximum absolute atomic E-state index is 12.4. The number of hydrogen-bond acceptors (Lipinski definition) is 3. The summed E-state index contributed by atoms with van der Waals surface area (Å²) in [5.74, 6) is 0.337. The first-order chi connectivity index (χ1) is 14.7. The monoisotopic (exact) mass is 540 g/mol. The number of anilines is 1. The van der Waals surface area contributed by atoms with Gasteiger partial charge in [0.2, 0.25) is 0 Å². The van der Waals surface area contributed by atoms with Crippen LogP contribution in [-0.2, 0) is 0 Å². The van der Waals surface area contributed by atoms with E-state index < -0.39 is 11.9 Å². The zero-order chi connectivity index (χ0) is 22.7. The van der Waals surface area contributed by atoms with Crippen LogP contribution in [0, 0.1) is 13.8 Å². The summed E-state index contributed by atoms with van der Waals surface area (Å²) < 4.78 is 6.59. The minimum atomic E-state index is -0.707. The van der Waals surface area contributed by atoms with Crippen molar-refractivity contribution in [2.45, 2.75) is 13.8 Å². The highest BCUT2D eigenvalue weighted by Gasteiger charge is 2.18. The van der Waals surface area contributed by atoms with Gasteiger partial charge in [-0.25, -0.2) is 4.79 Å². The van der Waals surface area contributed by atoms with Crippen molar-refractivity contribution in [3.63, 3.8) is 0 Å². The molecule has 31 heavy (non-hydrogen) atoms. The molecule has 3 aromatic rings. The summed E-state index contributed by atoms with van der Waals surface area (Å²) in [7, 11) is 0. The van der Waals surface area contributed by atoms with Crippen molar-refractivity contribution in [2.75, 3.05) is 5.32 Å². The van der Waals surface area contributed by atoms with Crippen molar-refractivity contribution in [1.29, 1.82) is 0 Å². The summed E-state index contributed by atoms with van der Waals surface area (Å²) in [5.41, 5.74) is 1.95. The van der Waals surface area contributed by atoms with Crippen LogP contribution in [0.2, 0.25) is 15.1 Å². The standard InChI is InChI=1S/C22H16BrCl3N2O3/c1-11-9-18(31-17-8-7-13(24)10-15(17)23)19(26)12(2)20(11)27-22(30)28-21(29)14-5-3-4-6-16(14)25/h3-10H,1-2H3,(H2,27,28,29,30). The van der Waals surface area contributed by atoms with Gasteiger partial charge < -0.3 is 10.1 Å². The molecule has 0 aromatic heterocycles. The highest BCUT2D eigenvalue weighted by Crippen LogP contribution is 2.40. The topological polar surface area (TPSA) is 67.4 Å². The molecule has 0 aliphatic carbocycles. The van der Waals surface area contributed by atoms with E-state index in [2.05, 4.69) is 26.6 Å². The number of imide groups is 1. The van der Waals surface area contributed by atoms with E-state index in [1.165, 1.54) is 6.07 Å². The summed E-state index contributed by atoms with van der Waals surface area (Å²) in [6, 6.07) is 12.6. The van der Waals surface area contributed by atoms with Crippen LogP contribution in [0.1, 0.15) is 21.5 Å². The van der Waals surface area contributed by atoms with E-state index >= 15 is 0 Å². The molecule has 0 heterocycles. The van der Waals surface area contributed by atoms with E-state index in [0.29, 0.717) is 42.8 Å². The van der Waals surface area contributed by atoms with E-state index in [1.54, 1.807) is 56.3 Å². The first-order valence-electron chi connectivity index (χ1n) is 8.97. The Balaban J connectivity index is 1.79. The zero-order valence-corrected chi connectivity index (χ0v) is 20.2. The Morgan fingerprint density at radius 1 is 0.968 bits per heavy atom. The lowest BCUT2D eigenvalue weighted by atomic mass is 10.1. The Bertz CT molecular complexity index is 1180. The second kappa shape index (κ2) is 9.92. The lowest BCUT2D eigenvalue weighted by molar-refractivity contribution is 0.0967. The minimum absolute atomic E-state index is 0.197. The molecule has 0 aliphatic heterocycles. The molecular formula is C22H16BrCl3N2O3. The van der Waals surface area contributed by atoms with Gasteiger partial charge in [-0.05, 0) is 77.3 Å². The minimum Gasteiger partial charge on any atom is -0.455 e. The van der Waals surface area contributed by atoms with Gasteiger partial charge in [0.1, 0.15) is 11.5 Å². The van der Waals surface area contributed by atoms with Gasteiger partial charge in [0.15, 0.2) is 0 Å². The van der Waals surface area contributed by atoms with Gasteiger partial charge in [-0.2, -0.15) is 0 Å². The fourth-order valence-electron chi connectivity index (χ4n) is 2.83. The summed E-state index contributed by atoms with van der Waals surface area (Å²) in [6.07, 6.45) is 0. The van der Waals surface area contributed by atoms with Gasteiger partial charge in [-0.1, -0.05) is 46.9 Å². The lowest BCUT2D eigenvalue weighted by Gasteiger charge is -2.17. The summed E-state index contributed by atoms with van der Waals surface area (Å²) in [4.78, 5) is 24.7. The predicted octanol–water partition coefficient (Wildman–Crippen LogP) is 7.78. The van der Waals surface area contributed by atoms with E-state index in [4.69, 9.17) is 39.5 Å². The van der Waals surface area contributed by atoms with Crippen LogP contribution < -0.4 is 15.4 Å². The number of benzene rings is 3. The van der Waals surface area contributed by atoms with Crippen molar-refractivity contribution in [1.82, 2.24) is 5.32 Å². The summed E-state index contributed by atoms with van der Waals surface area (Å²) in [5, 5.41) is 6.06. The van der Waals surface area contributed by atoms with Crippen LogP contribution in [0.3, 0.4) is 0 Å². The van der Waals surface area contributed by atoms with Crippen molar-refractivity contribution in [2.24, 2.45) is 0 Å². The predicted molar refractivity (Wildman–Crippen MR) is 128 cm³/mol. The molecule has 2 N–H and O–H groups in total. The van der Waals surface area contributed by atoms with Crippen molar-refractivity contribution < 1.29 is 14.3 Å². The third-order valence-electron chi connectivity index (χ3n) is 4.36. The molecule has 0 fully saturated rings. The third-order valence-corrected chi connectivity index (χ3v) is 6.01. The van der Waals surface area contributed by atoms with Crippen LogP contribution in [-0.4, -0.2) is 11.9 Å². The smallest absolute Gasteiger partial charge is 0.326 e. The second-order valence-electron chi connectivity index (χ2n) is 6.57. The van der Waals surface area contributed by atoms with Crippen molar-refractivity contribution >= 4 is 68.4 Å². The Kier molecular flexibility index (Phi) is 7.49. The highest BCUT2D eigenvalue weighted by molar-refractivity contribution is 9.10. The third kappa shape index (κ3) is 5.52. The molecule has 3 aromatic carbocycles. The molecule has 0 saturated carbocycles.